The van der Waals surface area contributed by atoms with E-state index in [2.05, 4.69) is 15.4 Å². The molecule has 16 heteroatoms. The number of alkyl carbamates (subject to hydrolysis) is 1. The van der Waals surface area contributed by atoms with E-state index in [1.54, 1.807) is 32.9 Å². The van der Waals surface area contributed by atoms with Gasteiger partial charge in [0, 0.05) is 18.5 Å². The molecule has 2 aliphatic carbocycles. The molecule has 0 bridgehead atoms. The molecule has 5 aliphatic rings. The van der Waals surface area contributed by atoms with Gasteiger partial charge in [-0.2, -0.15) is 0 Å². The minimum Gasteiger partial charge on any atom is -0.444 e. The van der Waals surface area contributed by atoms with E-state index in [1.807, 2.05) is 0 Å². The second kappa shape index (κ2) is 14.2. The number of sulfonamides is 1. The van der Waals surface area contributed by atoms with E-state index in [-0.39, 0.29) is 44.8 Å². The lowest BCUT2D eigenvalue weighted by Crippen LogP contribution is -2.58. The maximum Gasteiger partial charge on any atom is 0.410 e. The van der Waals surface area contributed by atoms with Crippen LogP contribution in [0.15, 0.2) is 18.2 Å². The molecule has 51 heavy (non-hydrogen) atoms. The molecule has 2 saturated carbocycles. The van der Waals surface area contributed by atoms with Gasteiger partial charge in [-0.1, -0.05) is 44.2 Å². The summed E-state index contributed by atoms with van der Waals surface area (Å²) < 4.78 is 53.4. The number of carbonyl (C=O) groups excluding carboxylic acids is 5. The lowest BCUT2D eigenvalue weighted by atomic mass is 10.0. The van der Waals surface area contributed by atoms with Crippen LogP contribution in [0.25, 0.3) is 0 Å². The number of amides is 5. The van der Waals surface area contributed by atoms with Gasteiger partial charge in [-0.15, -0.1) is 0 Å². The molecular formula is C35H48FN5O9S. The fourth-order valence-electron chi connectivity index (χ4n) is 7.43. The Hall–Kier alpha value is -3.95. The quantitative estimate of drug-likeness (QED) is 0.409. The Morgan fingerprint density at radius 1 is 1.00 bits per heavy atom. The van der Waals surface area contributed by atoms with Crippen molar-refractivity contribution in [2.75, 3.05) is 6.54 Å². The molecule has 3 heterocycles. The van der Waals surface area contributed by atoms with Gasteiger partial charge in [0.25, 0.3) is 5.91 Å². The number of rotatable bonds is 5. The number of hydrogen-bond acceptors (Lipinski definition) is 9. The normalized spacial score (nSPS) is 28.6. The van der Waals surface area contributed by atoms with Crippen LogP contribution in [0.5, 0.6) is 0 Å². The third-order valence-corrected chi connectivity index (χ3v) is 12.2. The summed E-state index contributed by atoms with van der Waals surface area (Å²) in [4.78, 5) is 70.9. The fourth-order valence-corrected chi connectivity index (χ4v) is 8.79. The molecule has 1 aromatic rings. The average Bonchev–Trinajstić information content (AvgIpc) is 3.93. The summed E-state index contributed by atoms with van der Waals surface area (Å²) in [6.07, 6.45) is 3.30. The minimum atomic E-state index is -3.89. The van der Waals surface area contributed by atoms with Crippen molar-refractivity contribution >= 4 is 39.9 Å². The van der Waals surface area contributed by atoms with Crippen LogP contribution in [0.4, 0.5) is 14.0 Å². The van der Waals surface area contributed by atoms with Crippen molar-refractivity contribution in [1.82, 2.24) is 25.2 Å². The number of carbonyl (C=O) groups is 5. The highest BCUT2D eigenvalue weighted by Gasteiger charge is 2.62. The average molecular weight is 734 g/mol. The summed E-state index contributed by atoms with van der Waals surface area (Å²) in [5.74, 6) is -2.78. The zero-order chi connectivity index (χ0) is 36.7. The van der Waals surface area contributed by atoms with Crippen LogP contribution in [0, 0.1) is 11.7 Å². The van der Waals surface area contributed by atoms with Crippen LogP contribution in [0.3, 0.4) is 0 Å². The maximum atomic E-state index is 14.4. The Morgan fingerprint density at radius 2 is 1.71 bits per heavy atom. The maximum absolute atomic E-state index is 14.4. The van der Waals surface area contributed by atoms with Gasteiger partial charge in [-0.25, -0.2) is 22.4 Å². The number of benzene rings is 1. The highest BCUT2D eigenvalue weighted by molar-refractivity contribution is 7.91. The largest absolute Gasteiger partial charge is 0.444 e. The molecule has 0 radical (unpaired) electrons. The fraction of sp³-hybridized carbons (Fsp3) is 0.686. The molecule has 3 N–H and O–H groups in total. The predicted octanol–water partition coefficient (Wildman–Crippen LogP) is 3.37. The summed E-state index contributed by atoms with van der Waals surface area (Å²) in [6.45, 7) is 5.06. The zero-order valence-electron chi connectivity index (χ0n) is 29.4. The summed E-state index contributed by atoms with van der Waals surface area (Å²) in [7, 11) is -3.89. The number of nitrogens with zero attached hydrogens (tertiary/aromatic N) is 2. The van der Waals surface area contributed by atoms with Crippen molar-refractivity contribution in [3.63, 3.8) is 0 Å². The van der Waals surface area contributed by atoms with Crippen molar-refractivity contribution in [2.45, 2.75) is 139 Å². The standard InChI is InChI=1S/C35H48FN5O9S/c1-34(2,3)50-32(45)37-27-13-8-6-4-5-7-11-22-17-35(22,31(44)39-51(47,48)24-14-15-24)38-29(42)28-16-23(19-41(28)30(27)43)49-33(46)40-18-21-10-9-12-26(36)25(21)20-40/h9-10,12,22-24,27-28H,4-8,11,13-20H2,1-3H3,(H,37,45)(H,38,42)(H,39,44)/t22-,23-,27-,28+,35-/m1/s1. The summed E-state index contributed by atoms with van der Waals surface area (Å²) in [5, 5.41) is 4.87. The van der Waals surface area contributed by atoms with Gasteiger partial charge in [-0.3, -0.25) is 24.0 Å². The second-order valence-corrected chi connectivity index (χ2v) is 17.5. The highest BCUT2D eigenvalue weighted by Crippen LogP contribution is 2.48. The molecule has 4 fully saturated rings. The molecule has 5 amide bonds. The molecule has 2 saturated heterocycles. The van der Waals surface area contributed by atoms with E-state index >= 15 is 0 Å². The smallest absolute Gasteiger partial charge is 0.410 e. The summed E-state index contributed by atoms with van der Waals surface area (Å²) in [5.41, 5.74) is -1.25. The van der Waals surface area contributed by atoms with Crippen LogP contribution in [0.1, 0.15) is 103 Å². The van der Waals surface area contributed by atoms with E-state index in [9.17, 15) is 36.8 Å². The van der Waals surface area contributed by atoms with Gasteiger partial charge in [0.2, 0.25) is 21.8 Å². The van der Waals surface area contributed by atoms with E-state index in [0.29, 0.717) is 36.8 Å². The molecule has 5 atom stereocenters. The lowest BCUT2D eigenvalue weighted by Gasteiger charge is -2.30. The lowest BCUT2D eigenvalue weighted by molar-refractivity contribution is -0.141. The second-order valence-electron chi connectivity index (χ2n) is 15.6. The van der Waals surface area contributed by atoms with E-state index in [4.69, 9.17) is 9.47 Å². The van der Waals surface area contributed by atoms with Gasteiger partial charge < -0.3 is 25.0 Å². The van der Waals surface area contributed by atoms with Crippen LogP contribution in [0.2, 0.25) is 0 Å². The summed E-state index contributed by atoms with van der Waals surface area (Å²) >= 11 is 0. The van der Waals surface area contributed by atoms with Crippen molar-refractivity contribution in [3.8, 4) is 0 Å². The predicted molar refractivity (Wildman–Crippen MR) is 181 cm³/mol. The zero-order valence-corrected chi connectivity index (χ0v) is 30.2. The molecular weight excluding hydrogens is 685 g/mol. The Bertz CT molecular complexity index is 1680. The van der Waals surface area contributed by atoms with Crippen LogP contribution in [-0.2, 0) is 47.0 Å². The first-order chi connectivity index (χ1) is 24.1. The molecule has 0 spiro atoms. The number of fused-ring (bicyclic) bond motifs is 3. The number of ether oxygens (including phenoxy) is 2. The third-order valence-electron chi connectivity index (χ3n) is 10.4. The van der Waals surface area contributed by atoms with Crippen molar-refractivity contribution in [2.24, 2.45) is 5.92 Å². The minimum absolute atomic E-state index is 0.00475. The topological polar surface area (TPSA) is 181 Å². The van der Waals surface area contributed by atoms with E-state index < -0.39 is 80.3 Å². The Kier molecular flexibility index (Phi) is 10.3. The first-order valence-electron chi connectivity index (χ1n) is 18.0. The molecule has 1 aromatic carbocycles. The number of nitrogens with one attached hydrogen (secondary N) is 3. The third kappa shape index (κ3) is 8.41. The van der Waals surface area contributed by atoms with E-state index in [0.717, 1.165) is 25.7 Å². The van der Waals surface area contributed by atoms with Crippen molar-refractivity contribution < 1.29 is 46.3 Å². The molecule has 14 nitrogen and oxygen atoms in total. The number of halogens is 1. The van der Waals surface area contributed by atoms with Crippen LogP contribution >= 0.6 is 0 Å². The van der Waals surface area contributed by atoms with Gasteiger partial charge >= 0.3 is 12.2 Å². The highest BCUT2D eigenvalue weighted by atomic mass is 32.2. The van der Waals surface area contributed by atoms with Crippen molar-refractivity contribution in [3.05, 3.63) is 35.1 Å². The molecule has 0 aromatic heterocycles. The first-order valence-corrected chi connectivity index (χ1v) is 19.5. The van der Waals surface area contributed by atoms with E-state index in [1.165, 1.54) is 15.9 Å². The summed E-state index contributed by atoms with van der Waals surface area (Å²) in [6, 6.07) is 2.35. The number of hydrogen-bond donors (Lipinski definition) is 3. The molecule has 6 rings (SSSR count). The monoisotopic (exact) mass is 733 g/mol. The van der Waals surface area contributed by atoms with Gasteiger partial charge in [0.1, 0.15) is 35.1 Å². The van der Waals surface area contributed by atoms with Crippen LogP contribution < -0.4 is 15.4 Å². The Balaban J connectivity index is 1.24. The van der Waals surface area contributed by atoms with Gasteiger partial charge in [-0.05, 0) is 70.4 Å². The van der Waals surface area contributed by atoms with Crippen molar-refractivity contribution in [1.29, 1.82) is 0 Å². The van der Waals surface area contributed by atoms with Gasteiger partial charge in [0.15, 0.2) is 0 Å². The first kappa shape index (κ1) is 36.8. The molecule has 280 valence electrons. The SMILES string of the molecule is CC(C)(C)OC(=O)N[C@@H]1CCCCCCC[C@@H]2C[C@@]2(C(=O)NS(=O)(=O)C2CC2)NC(=O)[C@@H]2C[C@@H](OC(=O)N3Cc4cccc(F)c4C3)CN2C1=O. The van der Waals surface area contributed by atoms with Gasteiger partial charge in [0.05, 0.1) is 18.3 Å². The van der Waals surface area contributed by atoms with Crippen LogP contribution in [-0.4, -0.2) is 89.2 Å². The Labute approximate surface area is 297 Å². The Morgan fingerprint density at radius 3 is 2.39 bits per heavy atom. The molecule has 0 unspecified atom stereocenters. The molecule has 3 aliphatic heterocycles.